The Balaban J connectivity index is 1.93. The van der Waals surface area contributed by atoms with Crippen molar-refractivity contribution in [3.63, 3.8) is 0 Å². The molecule has 5 nitrogen and oxygen atoms in total. The van der Waals surface area contributed by atoms with E-state index in [1.807, 2.05) is 48.7 Å². The lowest BCUT2D eigenvalue weighted by Gasteiger charge is -2.02. The van der Waals surface area contributed by atoms with E-state index in [1.54, 1.807) is 10.7 Å². The van der Waals surface area contributed by atoms with Crippen molar-refractivity contribution in [3.05, 3.63) is 65.9 Å². The van der Waals surface area contributed by atoms with Crippen molar-refractivity contribution in [2.24, 2.45) is 0 Å². The number of aromatic nitrogens is 3. The maximum absolute atomic E-state index is 9.22. The molecule has 2 aromatic carbocycles. The number of nitriles is 1. The molecule has 21 heavy (non-hydrogen) atoms. The van der Waals surface area contributed by atoms with E-state index in [0.29, 0.717) is 29.1 Å². The SMILES string of the molecule is N#Cc1c(N)cccc1-c1cn(Cc2ccccc2)nn1. The van der Waals surface area contributed by atoms with Crippen molar-refractivity contribution < 1.29 is 0 Å². The van der Waals surface area contributed by atoms with Gasteiger partial charge in [-0.3, -0.25) is 0 Å². The molecule has 0 unspecified atom stereocenters. The fourth-order valence-electron chi connectivity index (χ4n) is 2.18. The molecule has 1 heterocycles. The molecule has 0 aliphatic rings. The van der Waals surface area contributed by atoms with Gasteiger partial charge >= 0.3 is 0 Å². The Bertz CT molecular complexity index is 799. The van der Waals surface area contributed by atoms with Crippen molar-refractivity contribution >= 4 is 5.69 Å². The van der Waals surface area contributed by atoms with Crippen LogP contribution in [-0.2, 0) is 6.54 Å². The quantitative estimate of drug-likeness (QED) is 0.744. The number of nitrogens with zero attached hydrogens (tertiary/aromatic N) is 4. The molecule has 0 spiro atoms. The summed E-state index contributed by atoms with van der Waals surface area (Å²) in [4.78, 5) is 0. The summed E-state index contributed by atoms with van der Waals surface area (Å²) in [5.74, 6) is 0. The Labute approximate surface area is 122 Å². The van der Waals surface area contributed by atoms with Crippen LogP contribution in [0.2, 0.25) is 0 Å². The molecule has 0 radical (unpaired) electrons. The number of rotatable bonds is 3. The predicted octanol–water partition coefficient (Wildman–Crippen LogP) is 2.45. The third-order valence-corrected chi connectivity index (χ3v) is 3.21. The summed E-state index contributed by atoms with van der Waals surface area (Å²) in [5.41, 5.74) is 9.20. The van der Waals surface area contributed by atoms with E-state index in [4.69, 9.17) is 5.73 Å². The van der Waals surface area contributed by atoms with E-state index in [1.165, 1.54) is 0 Å². The van der Waals surface area contributed by atoms with Crippen LogP contribution in [0.4, 0.5) is 5.69 Å². The van der Waals surface area contributed by atoms with Gasteiger partial charge < -0.3 is 5.73 Å². The van der Waals surface area contributed by atoms with Gasteiger partial charge in [0, 0.05) is 5.56 Å². The molecular weight excluding hydrogens is 262 g/mol. The van der Waals surface area contributed by atoms with Crippen molar-refractivity contribution in [1.29, 1.82) is 5.26 Å². The molecule has 0 saturated carbocycles. The Kier molecular flexibility index (Phi) is 3.36. The largest absolute Gasteiger partial charge is 0.398 e. The molecule has 5 heteroatoms. The average Bonchev–Trinajstić information content (AvgIpc) is 2.96. The second-order valence-corrected chi connectivity index (χ2v) is 4.67. The van der Waals surface area contributed by atoms with Crippen molar-refractivity contribution in [2.45, 2.75) is 6.54 Å². The van der Waals surface area contributed by atoms with Gasteiger partial charge in [-0.1, -0.05) is 47.7 Å². The highest BCUT2D eigenvalue weighted by molar-refractivity contribution is 5.74. The maximum atomic E-state index is 9.22. The average molecular weight is 275 g/mol. The Hall–Kier alpha value is -3.13. The van der Waals surface area contributed by atoms with E-state index >= 15 is 0 Å². The highest BCUT2D eigenvalue weighted by Crippen LogP contribution is 2.25. The number of nitrogens with two attached hydrogens (primary N) is 1. The summed E-state index contributed by atoms with van der Waals surface area (Å²) < 4.78 is 1.75. The lowest BCUT2D eigenvalue weighted by atomic mass is 10.0. The van der Waals surface area contributed by atoms with Gasteiger partial charge in [0.05, 0.1) is 24.0 Å². The summed E-state index contributed by atoms with van der Waals surface area (Å²) in [7, 11) is 0. The molecule has 0 aliphatic heterocycles. The first-order valence-electron chi connectivity index (χ1n) is 6.51. The fourth-order valence-corrected chi connectivity index (χ4v) is 2.18. The number of hydrogen-bond donors (Lipinski definition) is 1. The smallest absolute Gasteiger partial charge is 0.114 e. The monoisotopic (exact) mass is 275 g/mol. The van der Waals surface area contributed by atoms with Gasteiger partial charge in [-0.15, -0.1) is 5.10 Å². The normalized spacial score (nSPS) is 10.2. The molecular formula is C16H13N5. The van der Waals surface area contributed by atoms with Crippen LogP contribution in [0.3, 0.4) is 0 Å². The molecule has 3 rings (SSSR count). The molecule has 1 aromatic heterocycles. The van der Waals surface area contributed by atoms with Gasteiger partial charge in [0.1, 0.15) is 11.8 Å². The second-order valence-electron chi connectivity index (χ2n) is 4.67. The zero-order valence-corrected chi connectivity index (χ0v) is 11.3. The summed E-state index contributed by atoms with van der Waals surface area (Å²) >= 11 is 0. The standard InChI is InChI=1S/C16H13N5/c17-9-14-13(7-4-8-15(14)18)16-11-21(20-19-16)10-12-5-2-1-3-6-12/h1-8,11H,10,18H2. The zero-order valence-electron chi connectivity index (χ0n) is 11.3. The third kappa shape index (κ3) is 2.60. The number of benzene rings is 2. The summed E-state index contributed by atoms with van der Waals surface area (Å²) in [6, 6.07) is 17.5. The van der Waals surface area contributed by atoms with Crippen LogP contribution >= 0.6 is 0 Å². The van der Waals surface area contributed by atoms with Crippen molar-refractivity contribution in [1.82, 2.24) is 15.0 Å². The van der Waals surface area contributed by atoms with E-state index in [-0.39, 0.29) is 0 Å². The molecule has 2 N–H and O–H groups in total. The Morgan fingerprint density at radius 2 is 1.90 bits per heavy atom. The molecule has 0 atom stereocenters. The van der Waals surface area contributed by atoms with Crippen LogP contribution in [0, 0.1) is 11.3 Å². The number of nitrogen functional groups attached to an aromatic ring is 1. The zero-order chi connectivity index (χ0) is 14.7. The number of hydrogen-bond acceptors (Lipinski definition) is 4. The molecule has 102 valence electrons. The highest BCUT2D eigenvalue weighted by Gasteiger charge is 2.11. The summed E-state index contributed by atoms with van der Waals surface area (Å²) in [6.07, 6.45) is 1.82. The first kappa shape index (κ1) is 12.9. The van der Waals surface area contributed by atoms with Gasteiger partial charge in [-0.25, -0.2) is 4.68 Å². The van der Waals surface area contributed by atoms with Crippen molar-refractivity contribution in [2.75, 3.05) is 5.73 Å². The minimum Gasteiger partial charge on any atom is -0.398 e. The van der Waals surface area contributed by atoms with E-state index in [9.17, 15) is 5.26 Å². The summed E-state index contributed by atoms with van der Waals surface area (Å²) in [5, 5.41) is 17.5. The molecule has 0 amide bonds. The molecule has 0 saturated heterocycles. The van der Waals surface area contributed by atoms with Crippen molar-refractivity contribution in [3.8, 4) is 17.3 Å². The van der Waals surface area contributed by atoms with E-state index in [2.05, 4.69) is 16.4 Å². The minimum absolute atomic E-state index is 0.435. The minimum atomic E-state index is 0.435. The lowest BCUT2D eigenvalue weighted by molar-refractivity contribution is 0.650. The van der Waals surface area contributed by atoms with Crippen LogP contribution in [-0.4, -0.2) is 15.0 Å². The molecule has 0 fully saturated rings. The molecule has 0 aliphatic carbocycles. The first-order chi connectivity index (χ1) is 10.3. The van der Waals surface area contributed by atoms with Crippen LogP contribution in [0.15, 0.2) is 54.7 Å². The summed E-state index contributed by atoms with van der Waals surface area (Å²) in [6.45, 7) is 0.637. The van der Waals surface area contributed by atoms with Gasteiger partial charge in [0.25, 0.3) is 0 Å². The van der Waals surface area contributed by atoms with E-state index < -0.39 is 0 Å². The topological polar surface area (TPSA) is 80.5 Å². The number of anilines is 1. The second kappa shape index (κ2) is 5.47. The van der Waals surface area contributed by atoms with Gasteiger partial charge in [-0.2, -0.15) is 5.26 Å². The highest BCUT2D eigenvalue weighted by atomic mass is 15.4. The maximum Gasteiger partial charge on any atom is 0.114 e. The van der Waals surface area contributed by atoms with Crippen LogP contribution in [0.1, 0.15) is 11.1 Å². The lowest BCUT2D eigenvalue weighted by Crippen LogP contribution is -1.99. The van der Waals surface area contributed by atoms with Crippen LogP contribution < -0.4 is 5.73 Å². The first-order valence-corrected chi connectivity index (χ1v) is 6.51. The van der Waals surface area contributed by atoms with E-state index in [0.717, 1.165) is 5.56 Å². The molecule has 3 aromatic rings. The Morgan fingerprint density at radius 3 is 2.67 bits per heavy atom. The predicted molar refractivity (Wildman–Crippen MR) is 80.1 cm³/mol. The van der Waals surface area contributed by atoms with Crippen LogP contribution in [0.5, 0.6) is 0 Å². The van der Waals surface area contributed by atoms with Gasteiger partial charge in [0.2, 0.25) is 0 Å². The van der Waals surface area contributed by atoms with Gasteiger partial charge in [0.15, 0.2) is 0 Å². The Morgan fingerprint density at radius 1 is 1.10 bits per heavy atom. The van der Waals surface area contributed by atoms with Crippen LogP contribution in [0.25, 0.3) is 11.3 Å². The molecule has 0 bridgehead atoms. The third-order valence-electron chi connectivity index (χ3n) is 3.21. The fraction of sp³-hybridized carbons (Fsp3) is 0.0625. The van der Waals surface area contributed by atoms with Gasteiger partial charge in [-0.05, 0) is 11.6 Å².